The molecule has 0 saturated carbocycles. The lowest BCUT2D eigenvalue weighted by atomic mass is 10.1. The number of benzene rings is 3. The van der Waals surface area contributed by atoms with Crippen molar-refractivity contribution in [2.24, 2.45) is 0 Å². The summed E-state index contributed by atoms with van der Waals surface area (Å²) < 4.78 is 7.26. The number of para-hydroxylation sites is 1. The van der Waals surface area contributed by atoms with E-state index in [4.69, 9.17) is 27.9 Å². The minimum Gasteiger partial charge on any atom is -0.487 e. The Bertz CT molecular complexity index is 1190. The van der Waals surface area contributed by atoms with Crippen molar-refractivity contribution < 1.29 is 9.53 Å². The molecule has 3 aromatic carbocycles. The first-order valence-electron chi connectivity index (χ1n) is 9.33. The molecule has 0 spiro atoms. The van der Waals surface area contributed by atoms with E-state index in [1.54, 1.807) is 36.4 Å². The SMILES string of the molecule is Cc1cccc(Cl)c1NC(=O)/C(C#N)=C/c1cc(Br)c(OCc2ccc(Cl)cc2)c(Br)c1. The van der Waals surface area contributed by atoms with Crippen LogP contribution in [0.5, 0.6) is 5.75 Å². The van der Waals surface area contributed by atoms with Gasteiger partial charge in [-0.05, 0) is 91.9 Å². The highest BCUT2D eigenvalue weighted by molar-refractivity contribution is 9.11. The fourth-order valence-electron chi connectivity index (χ4n) is 2.82. The molecule has 4 nitrogen and oxygen atoms in total. The van der Waals surface area contributed by atoms with E-state index in [2.05, 4.69) is 37.2 Å². The molecule has 0 aliphatic carbocycles. The third-order valence-corrected chi connectivity index (χ3v) is 6.20. The first-order chi connectivity index (χ1) is 15.3. The van der Waals surface area contributed by atoms with Crippen molar-refractivity contribution in [1.29, 1.82) is 5.26 Å². The zero-order valence-electron chi connectivity index (χ0n) is 16.8. The van der Waals surface area contributed by atoms with Crippen LogP contribution in [0.15, 0.2) is 69.1 Å². The van der Waals surface area contributed by atoms with Gasteiger partial charge in [-0.2, -0.15) is 5.26 Å². The second-order valence-electron chi connectivity index (χ2n) is 6.78. The van der Waals surface area contributed by atoms with Gasteiger partial charge in [0.2, 0.25) is 0 Å². The number of amides is 1. The summed E-state index contributed by atoms with van der Waals surface area (Å²) in [6.45, 7) is 2.18. The van der Waals surface area contributed by atoms with Crippen LogP contribution in [0.3, 0.4) is 0 Å². The van der Waals surface area contributed by atoms with Crippen LogP contribution in [0.4, 0.5) is 5.69 Å². The summed E-state index contributed by atoms with van der Waals surface area (Å²) >= 11 is 19.1. The van der Waals surface area contributed by atoms with Gasteiger partial charge in [0.1, 0.15) is 24.0 Å². The molecule has 0 aliphatic heterocycles. The van der Waals surface area contributed by atoms with E-state index in [1.807, 2.05) is 31.2 Å². The molecule has 0 unspecified atom stereocenters. The minimum atomic E-state index is -0.543. The Labute approximate surface area is 213 Å². The number of aryl methyl sites for hydroxylation is 1. The first-order valence-corrected chi connectivity index (χ1v) is 11.7. The number of hydrogen-bond acceptors (Lipinski definition) is 3. The summed E-state index contributed by atoms with van der Waals surface area (Å²) in [5.74, 6) is 0.0609. The number of hydrogen-bond donors (Lipinski definition) is 1. The Morgan fingerprint density at radius 3 is 2.38 bits per heavy atom. The topological polar surface area (TPSA) is 62.1 Å². The molecule has 1 amide bonds. The third kappa shape index (κ3) is 6.14. The van der Waals surface area contributed by atoms with Crippen LogP contribution in [0.1, 0.15) is 16.7 Å². The number of rotatable bonds is 6. The van der Waals surface area contributed by atoms with E-state index >= 15 is 0 Å². The average Bonchev–Trinajstić information content (AvgIpc) is 2.75. The van der Waals surface area contributed by atoms with Crippen LogP contribution < -0.4 is 10.1 Å². The molecule has 3 rings (SSSR count). The molecule has 0 fully saturated rings. The van der Waals surface area contributed by atoms with E-state index in [0.717, 1.165) is 11.1 Å². The van der Waals surface area contributed by atoms with Gasteiger partial charge in [0.25, 0.3) is 5.91 Å². The lowest BCUT2D eigenvalue weighted by Crippen LogP contribution is -2.14. The van der Waals surface area contributed by atoms with Gasteiger partial charge < -0.3 is 10.1 Å². The number of nitriles is 1. The van der Waals surface area contributed by atoms with Crippen LogP contribution in [0.2, 0.25) is 10.0 Å². The molecule has 0 aliphatic rings. The summed E-state index contributed by atoms with van der Waals surface area (Å²) in [5.41, 5.74) is 2.84. The third-order valence-electron chi connectivity index (χ3n) is 4.45. The van der Waals surface area contributed by atoms with Crippen molar-refractivity contribution in [2.75, 3.05) is 5.32 Å². The van der Waals surface area contributed by atoms with E-state index < -0.39 is 5.91 Å². The predicted molar refractivity (Wildman–Crippen MR) is 136 cm³/mol. The highest BCUT2D eigenvalue weighted by Crippen LogP contribution is 2.36. The van der Waals surface area contributed by atoms with E-state index in [9.17, 15) is 10.1 Å². The standard InChI is InChI=1S/C24H16Br2Cl2N2O2/c1-14-3-2-4-21(28)22(14)30-24(31)17(12-29)9-16-10-19(25)23(20(26)11-16)32-13-15-5-7-18(27)8-6-15/h2-11H,13H2,1H3,(H,30,31)/b17-9+. The molecular formula is C24H16Br2Cl2N2O2. The molecule has 1 N–H and O–H groups in total. The Hall–Kier alpha value is -2.30. The van der Waals surface area contributed by atoms with Gasteiger partial charge in [-0.15, -0.1) is 0 Å². The molecule has 0 radical (unpaired) electrons. The number of ether oxygens (including phenoxy) is 1. The van der Waals surface area contributed by atoms with Crippen molar-refractivity contribution in [3.63, 3.8) is 0 Å². The normalized spacial score (nSPS) is 11.1. The van der Waals surface area contributed by atoms with Crippen LogP contribution >= 0.6 is 55.1 Å². The van der Waals surface area contributed by atoms with Crippen LogP contribution in [0, 0.1) is 18.3 Å². The number of nitrogens with one attached hydrogen (secondary N) is 1. The maximum atomic E-state index is 12.7. The number of nitrogens with zero attached hydrogens (tertiary/aromatic N) is 1. The van der Waals surface area contributed by atoms with Gasteiger partial charge in [0.15, 0.2) is 0 Å². The summed E-state index contributed by atoms with van der Waals surface area (Å²) in [7, 11) is 0. The zero-order chi connectivity index (χ0) is 23.3. The zero-order valence-corrected chi connectivity index (χ0v) is 21.4. The number of anilines is 1. The van der Waals surface area contributed by atoms with Crippen molar-refractivity contribution >= 4 is 72.7 Å². The van der Waals surface area contributed by atoms with Crippen molar-refractivity contribution in [2.45, 2.75) is 13.5 Å². The number of halogens is 4. The molecule has 3 aromatic rings. The Kier molecular flexibility index (Phi) is 8.38. The molecule has 0 atom stereocenters. The highest BCUT2D eigenvalue weighted by atomic mass is 79.9. The Morgan fingerprint density at radius 2 is 1.78 bits per heavy atom. The summed E-state index contributed by atoms with van der Waals surface area (Å²) in [6, 6.07) is 18.2. The maximum Gasteiger partial charge on any atom is 0.266 e. The lowest BCUT2D eigenvalue weighted by molar-refractivity contribution is -0.112. The van der Waals surface area contributed by atoms with Gasteiger partial charge in [-0.25, -0.2) is 0 Å². The quantitative estimate of drug-likeness (QED) is 0.233. The monoisotopic (exact) mass is 592 g/mol. The Balaban J connectivity index is 1.79. The molecule has 0 heterocycles. The molecule has 8 heteroatoms. The molecule has 0 saturated heterocycles. The minimum absolute atomic E-state index is 0.0575. The summed E-state index contributed by atoms with van der Waals surface area (Å²) in [6.07, 6.45) is 1.50. The van der Waals surface area contributed by atoms with Crippen LogP contribution in [-0.4, -0.2) is 5.91 Å². The van der Waals surface area contributed by atoms with Gasteiger partial charge in [0.05, 0.1) is 19.7 Å². The maximum absolute atomic E-state index is 12.7. The lowest BCUT2D eigenvalue weighted by Gasteiger charge is -2.12. The van der Waals surface area contributed by atoms with E-state index in [-0.39, 0.29) is 5.57 Å². The molecule has 32 heavy (non-hydrogen) atoms. The highest BCUT2D eigenvalue weighted by Gasteiger charge is 2.15. The fraction of sp³-hybridized carbons (Fsp3) is 0.0833. The summed E-state index contributed by atoms with van der Waals surface area (Å²) in [5, 5.41) is 13.3. The van der Waals surface area contributed by atoms with E-state index in [0.29, 0.717) is 42.6 Å². The number of carbonyl (C=O) groups excluding carboxylic acids is 1. The van der Waals surface area contributed by atoms with Gasteiger partial charge in [0, 0.05) is 5.02 Å². The first kappa shape index (κ1) is 24.3. The van der Waals surface area contributed by atoms with Crippen molar-refractivity contribution in [3.8, 4) is 11.8 Å². The predicted octanol–water partition coefficient (Wildman–Crippen LogP) is 7.95. The molecular weight excluding hydrogens is 579 g/mol. The van der Waals surface area contributed by atoms with Gasteiger partial charge >= 0.3 is 0 Å². The Morgan fingerprint density at radius 1 is 1.12 bits per heavy atom. The average molecular weight is 595 g/mol. The fourth-order valence-corrected chi connectivity index (χ4v) is 4.67. The molecule has 0 bridgehead atoms. The summed E-state index contributed by atoms with van der Waals surface area (Å²) in [4.78, 5) is 12.7. The second kappa shape index (κ2) is 11.0. The molecule has 0 aromatic heterocycles. The second-order valence-corrected chi connectivity index (χ2v) is 9.34. The van der Waals surface area contributed by atoms with Gasteiger partial charge in [-0.3, -0.25) is 4.79 Å². The van der Waals surface area contributed by atoms with Crippen molar-refractivity contribution in [3.05, 3.63) is 95.9 Å². The number of carbonyl (C=O) groups is 1. The largest absolute Gasteiger partial charge is 0.487 e. The van der Waals surface area contributed by atoms with Crippen LogP contribution in [0.25, 0.3) is 6.08 Å². The van der Waals surface area contributed by atoms with Gasteiger partial charge in [-0.1, -0.05) is 47.5 Å². The van der Waals surface area contributed by atoms with E-state index in [1.165, 1.54) is 6.08 Å². The molecule has 162 valence electrons. The smallest absolute Gasteiger partial charge is 0.266 e. The van der Waals surface area contributed by atoms with Crippen molar-refractivity contribution in [1.82, 2.24) is 0 Å². The van der Waals surface area contributed by atoms with Crippen LogP contribution in [-0.2, 0) is 11.4 Å².